The third-order valence-corrected chi connectivity index (χ3v) is 20.4. The van der Waals surface area contributed by atoms with E-state index in [-0.39, 0.29) is 122 Å². The molecule has 5 heterocycles. The maximum Gasteiger partial charge on any atom is 0.222 e. The van der Waals surface area contributed by atoms with Gasteiger partial charge in [-0.15, -0.1) is 0 Å². The summed E-state index contributed by atoms with van der Waals surface area (Å²) >= 11 is 0. The van der Waals surface area contributed by atoms with Gasteiger partial charge in [0.2, 0.25) is 35.4 Å². The van der Waals surface area contributed by atoms with Crippen LogP contribution in [0.5, 0.6) is 0 Å². The molecule has 5 saturated heterocycles. The van der Waals surface area contributed by atoms with Crippen molar-refractivity contribution in [3.63, 3.8) is 0 Å². The number of ether oxygens (including phenoxy) is 6. The number of carbonyl (C=O) groups is 6. The van der Waals surface area contributed by atoms with Crippen LogP contribution in [0.15, 0.2) is 0 Å². The number of nitrogens with zero attached hydrogens (tertiary/aromatic N) is 3. The third-order valence-electron chi connectivity index (χ3n) is 18.1. The second kappa shape index (κ2) is 38.2. The van der Waals surface area contributed by atoms with Crippen LogP contribution in [-0.4, -0.2) is 309 Å². The summed E-state index contributed by atoms with van der Waals surface area (Å²) in [5.41, 5.74) is -0.592. The molecule has 1 saturated carbocycles. The predicted molar refractivity (Wildman–Crippen MR) is 344 cm³/mol. The molecule has 6 fully saturated rings. The average Bonchev–Trinajstić information content (AvgIpc) is 1.76. The number of hydrogen-bond donors (Lipinski definition) is 12. The lowest BCUT2D eigenvalue weighted by atomic mass is 9.79. The molecule has 6 aliphatic rings. The Morgan fingerprint density at radius 1 is 0.515 bits per heavy atom. The lowest BCUT2D eigenvalue weighted by Gasteiger charge is -2.42. The molecule has 0 aromatic heterocycles. The molecule has 35 heteroatoms. The third kappa shape index (κ3) is 24.6. The van der Waals surface area contributed by atoms with Gasteiger partial charge in [0.15, 0.2) is 12.6 Å². The van der Waals surface area contributed by atoms with E-state index in [1.54, 1.807) is 9.80 Å². The summed E-state index contributed by atoms with van der Waals surface area (Å²) < 4.78 is 59.2. The molecule has 1 aliphatic carbocycles. The molecule has 0 aromatic rings. The Balaban J connectivity index is 1.05. The molecular formula is C62H108N6O27P2-2. The van der Waals surface area contributed by atoms with E-state index in [9.17, 15) is 84.5 Å². The molecule has 6 rings (SSSR count). The minimum Gasteiger partial charge on any atom is -0.789 e. The van der Waals surface area contributed by atoms with Crippen LogP contribution in [0.3, 0.4) is 0 Å². The monoisotopic (exact) mass is 1430 g/mol. The first kappa shape index (κ1) is 82.5. The van der Waals surface area contributed by atoms with Crippen molar-refractivity contribution in [2.24, 2.45) is 5.92 Å². The SMILES string of the molecule is C=P([O-])(OC[C@@H]1C[C@@H](OP(=C)([O-])OC[C@@H]2C[C@@H](OC(C)(C)C)CN2C(=O)CCCCOC2OC(CO)C(O)C(O)C2NC(C)=O)CN1C(=O)CCCCOC1OC(CO)C(O)C(O)C1NC(C)=O)O[C@@H]1C[C@@H](CC)N(C(=O)CCCCOC2CC(CO)C(O)C(O)C2NC(C)=O)C1. The molecule has 33 nitrogen and oxygen atoms in total. The highest BCUT2D eigenvalue weighted by Gasteiger charge is 2.49. The van der Waals surface area contributed by atoms with Gasteiger partial charge in [0.25, 0.3) is 0 Å². The molecule has 23 atom stereocenters. The van der Waals surface area contributed by atoms with Crippen LogP contribution in [0.2, 0.25) is 0 Å². The normalized spacial score (nSPS) is 34.5. The zero-order valence-corrected chi connectivity index (χ0v) is 58.6. The Morgan fingerprint density at radius 2 is 0.887 bits per heavy atom. The maximum absolute atomic E-state index is 14.3. The van der Waals surface area contributed by atoms with Gasteiger partial charge in [0.05, 0.1) is 80.7 Å². The van der Waals surface area contributed by atoms with E-state index in [1.165, 1.54) is 25.7 Å². The number of hydrogen-bond acceptors (Lipinski definition) is 27. The number of unbranched alkanes of at least 4 members (excludes halogenated alkanes) is 3. The van der Waals surface area contributed by atoms with Crippen molar-refractivity contribution < 1.29 is 131 Å². The van der Waals surface area contributed by atoms with Crippen molar-refractivity contribution >= 4 is 63.2 Å². The fraction of sp³-hybridized carbons (Fsp3) is 0.871. The number of aliphatic hydroxyl groups excluding tert-OH is 9. The first-order chi connectivity index (χ1) is 45.7. The Bertz CT molecular complexity index is 2630. The molecule has 12 N–H and O–H groups in total. The van der Waals surface area contributed by atoms with E-state index in [0.717, 1.165) is 0 Å². The molecule has 0 bridgehead atoms. The Labute approximate surface area is 567 Å². The first-order valence-corrected chi connectivity index (χ1v) is 37.1. The van der Waals surface area contributed by atoms with Gasteiger partial charge >= 0.3 is 0 Å². The molecule has 97 heavy (non-hydrogen) atoms. The van der Waals surface area contributed by atoms with Crippen molar-refractivity contribution in [2.75, 3.05) is 72.5 Å². The summed E-state index contributed by atoms with van der Waals surface area (Å²) in [6, 6.07) is -4.98. The van der Waals surface area contributed by atoms with E-state index >= 15 is 0 Å². The fourth-order valence-corrected chi connectivity index (χ4v) is 15.5. The average molecular weight is 1430 g/mol. The topological polar surface area (TPSA) is 469 Å². The number of amides is 6. The largest absolute Gasteiger partial charge is 0.789 e. The zero-order valence-electron chi connectivity index (χ0n) is 56.8. The van der Waals surface area contributed by atoms with Gasteiger partial charge in [0.1, 0.15) is 54.8 Å². The molecule has 560 valence electrons. The van der Waals surface area contributed by atoms with E-state index in [4.69, 9.17) is 46.5 Å². The Morgan fingerprint density at radius 3 is 1.28 bits per heavy atom. The summed E-state index contributed by atoms with van der Waals surface area (Å²) in [6.45, 7) is 9.18. The molecular weight excluding hydrogens is 1320 g/mol. The molecule has 0 spiro atoms. The summed E-state index contributed by atoms with van der Waals surface area (Å²) in [5.74, 6) is -2.99. The highest BCUT2D eigenvalue weighted by Crippen LogP contribution is 2.46. The van der Waals surface area contributed by atoms with Gasteiger partial charge in [-0.2, -0.15) is 0 Å². The predicted octanol–water partition coefficient (Wildman–Crippen LogP) is -3.65. The van der Waals surface area contributed by atoms with Gasteiger partial charge in [-0.05, 0) is 91.4 Å². The lowest BCUT2D eigenvalue weighted by molar-refractivity contribution is -0.270. The highest BCUT2D eigenvalue weighted by molar-refractivity contribution is 7.57. The van der Waals surface area contributed by atoms with Gasteiger partial charge < -0.3 is 133 Å². The summed E-state index contributed by atoms with van der Waals surface area (Å²) in [6.07, 6.45) is -5.34. The molecule has 0 aromatic carbocycles. The summed E-state index contributed by atoms with van der Waals surface area (Å²) in [5, 5.41) is 100. The van der Waals surface area contributed by atoms with E-state index < -0.39 is 180 Å². The van der Waals surface area contributed by atoms with Crippen LogP contribution in [0.1, 0.15) is 138 Å². The summed E-state index contributed by atoms with van der Waals surface area (Å²) in [4.78, 5) is 111. The molecule has 0 radical (unpaired) electrons. The van der Waals surface area contributed by atoms with Crippen molar-refractivity contribution in [3.8, 4) is 0 Å². The quantitative estimate of drug-likeness (QED) is 0.0213. The number of likely N-dealkylation sites (tertiary alicyclic amines) is 3. The van der Waals surface area contributed by atoms with Crippen LogP contribution in [-0.2, 0) is 75.3 Å². The van der Waals surface area contributed by atoms with Crippen molar-refractivity contribution in [2.45, 2.75) is 266 Å². The molecule has 17 unspecified atom stereocenters. The zero-order chi connectivity index (χ0) is 71.7. The lowest BCUT2D eigenvalue weighted by Crippen LogP contribution is -2.64. The highest BCUT2D eigenvalue weighted by atomic mass is 31.2. The fourth-order valence-electron chi connectivity index (χ4n) is 13.4. The van der Waals surface area contributed by atoms with Crippen LogP contribution in [0, 0.1) is 5.92 Å². The van der Waals surface area contributed by atoms with Crippen molar-refractivity contribution in [1.29, 1.82) is 0 Å². The number of nitrogens with one attached hydrogen (secondary N) is 3. The minimum absolute atomic E-state index is 0.00843. The number of carbonyl (C=O) groups excluding carboxylic acids is 6. The molecule has 6 amide bonds. The van der Waals surface area contributed by atoms with Crippen LogP contribution in [0.4, 0.5) is 0 Å². The maximum atomic E-state index is 14.3. The number of rotatable bonds is 36. The van der Waals surface area contributed by atoms with E-state index in [2.05, 4.69) is 28.5 Å². The van der Waals surface area contributed by atoms with E-state index in [1.807, 2.05) is 27.7 Å². The summed E-state index contributed by atoms with van der Waals surface area (Å²) in [7, 11) is -8.43. The number of aliphatic hydroxyl groups is 9. The molecule has 5 aliphatic heterocycles. The Hall–Kier alpha value is -3.42. The van der Waals surface area contributed by atoms with E-state index in [0.29, 0.717) is 44.9 Å². The van der Waals surface area contributed by atoms with Crippen LogP contribution in [0.25, 0.3) is 0 Å². The van der Waals surface area contributed by atoms with Gasteiger partial charge in [-0.1, -0.05) is 19.5 Å². The van der Waals surface area contributed by atoms with Gasteiger partial charge in [-0.3, -0.25) is 28.8 Å². The minimum atomic E-state index is -4.25. The smallest absolute Gasteiger partial charge is 0.222 e. The van der Waals surface area contributed by atoms with Gasteiger partial charge in [-0.25, -0.2) is 0 Å². The van der Waals surface area contributed by atoms with Crippen molar-refractivity contribution in [1.82, 2.24) is 30.7 Å². The second-order valence-corrected chi connectivity index (χ2v) is 30.5. The first-order valence-electron chi connectivity index (χ1n) is 33.7. The van der Waals surface area contributed by atoms with Crippen molar-refractivity contribution in [3.05, 3.63) is 0 Å². The van der Waals surface area contributed by atoms with Crippen LogP contribution >= 0.6 is 15.1 Å². The standard InChI is InChI=1S/C62H108N6O27P2/c1-10-39-24-43(28-66(39)48(75)17-11-14-20-86-45-23-38(30-69)54(78)57(81)51(45)63-35(2)72)94-96(8,84)90-34-41-26-44(29-68(41)50(77)19-13-16-22-88-61-53(65-37(4)74)59(83)56(80)47(32-71)92-61)95-97(9,85)89-33-40-25-42(93-62(5,6)7)27-67(40)49(76)18-12-15-21-87-60-52(64-36(3)73)58(82)55(79)46(31-70)91-60/h38-47,51-61,69-71,78-83H,8-34H2,1-7H3,(H3-2,63,64,65,72,73,74,84,85)/q-2/t38?,39-,40+,41+,42-,43-,44-,45?,46?,47?,51?,52?,53?,54?,55?,56?,57?,58?,59?,60?,61?,96?,97?/m1/s1. The Kier molecular flexibility index (Phi) is 32.5. The van der Waals surface area contributed by atoms with Crippen LogP contribution < -0.4 is 25.7 Å². The van der Waals surface area contributed by atoms with Gasteiger partial charge in [0, 0.05) is 113 Å². The second-order valence-electron chi connectivity index (χ2n) is 27.1.